The second-order valence-electron chi connectivity index (χ2n) is 5.65. The van der Waals surface area contributed by atoms with Gasteiger partial charge in [0.2, 0.25) is 5.91 Å². The summed E-state index contributed by atoms with van der Waals surface area (Å²) in [7, 11) is 1.54. The van der Waals surface area contributed by atoms with Gasteiger partial charge in [0.15, 0.2) is 0 Å². The summed E-state index contributed by atoms with van der Waals surface area (Å²) in [6.45, 7) is 0.579. The predicted molar refractivity (Wildman–Crippen MR) is 85.8 cm³/mol. The van der Waals surface area contributed by atoms with Crippen molar-refractivity contribution in [3.63, 3.8) is 0 Å². The fourth-order valence-electron chi connectivity index (χ4n) is 2.58. The van der Waals surface area contributed by atoms with Crippen molar-refractivity contribution in [2.75, 3.05) is 20.2 Å². The highest BCUT2D eigenvalue weighted by Crippen LogP contribution is 2.20. The van der Waals surface area contributed by atoms with Crippen molar-refractivity contribution in [1.82, 2.24) is 10.2 Å². The van der Waals surface area contributed by atoms with E-state index in [2.05, 4.69) is 0 Å². The number of carbonyl (C=O) groups excluding carboxylic acids is 2. The molecule has 0 aromatic heterocycles. The average molecular weight is 356 g/mol. The number of piperidine rings is 1. The monoisotopic (exact) mass is 356 g/mol. The first kappa shape index (κ1) is 18.8. The number of hydrogen-bond acceptors (Lipinski definition) is 3. The number of ether oxygens (including phenoxy) is 1. The van der Waals surface area contributed by atoms with E-state index in [4.69, 9.17) is 4.74 Å². The standard InChI is InChI=1S/C17H19F3N2O3/c1-25-14-5-3-2-4-12(14)6-7-15(23)22-10-8-13(9-11-22)21-16(24)17(18,19)20/h2-7,13H,8-11H2,1H3,(H,21,24)/b7-6+. The van der Waals surface area contributed by atoms with Crippen molar-refractivity contribution in [1.29, 1.82) is 0 Å². The van der Waals surface area contributed by atoms with Gasteiger partial charge >= 0.3 is 12.1 Å². The van der Waals surface area contributed by atoms with Crippen molar-refractivity contribution in [3.05, 3.63) is 35.9 Å². The zero-order chi connectivity index (χ0) is 18.4. The summed E-state index contributed by atoms with van der Waals surface area (Å²) in [5, 5.41) is 1.95. The summed E-state index contributed by atoms with van der Waals surface area (Å²) in [4.78, 5) is 24.7. The van der Waals surface area contributed by atoms with E-state index in [1.807, 2.05) is 23.5 Å². The Morgan fingerprint density at radius 3 is 2.48 bits per heavy atom. The molecule has 1 N–H and O–H groups in total. The molecule has 1 aliphatic rings. The number of amides is 2. The van der Waals surface area contributed by atoms with Crippen LogP contribution in [0.5, 0.6) is 5.75 Å². The molecule has 0 saturated carbocycles. The van der Waals surface area contributed by atoms with Crippen molar-refractivity contribution in [2.45, 2.75) is 25.1 Å². The maximum atomic E-state index is 12.2. The Labute approximate surface area is 143 Å². The molecule has 25 heavy (non-hydrogen) atoms. The van der Waals surface area contributed by atoms with E-state index < -0.39 is 18.1 Å². The number of rotatable bonds is 4. The predicted octanol–water partition coefficient (Wildman–Crippen LogP) is 2.38. The number of nitrogens with one attached hydrogen (secondary N) is 1. The lowest BCUT2D eigenvalue weighted by atomic mass is 10.0. The molecule has 0 spiro atoms. The van der Waals surface area contributed by atoms with Gasteiger partial charge in [-0.3, -0.25) is 9.59 Å². The van der Waals surface area contributed by atoms with E-state index >= 15 is 0 Å². The minimum absolute atomic E-state index is 0.230. The molecule has 8 heteroatoms. The number of para-hydroxylation sites is 1. The first-order chi connectivity index (χ1) is 11.8. The third-order valence-electron chi connectivity index (χ3n) is 3.94. The summed E-state index contributed by atoms with van der Waals surface area (Å²) in [6.07, 6.45) is -1.26. The molecular formula is C17H19F3N2O3. The maximum Gasteiger partial charge on any atom is 0.471 e. The van der Waals surface area contributed by atoms with E-state index in [0.29, 0.717) is 5.75 Å². The van der Waals surface area contributed by atoms with E-state index in [0.717, 1.165) is 5.56 Å². The molecule has 0 unspecified atom stereocenters. The summed E-state index contributed by atoms with van der Waals surface area (Å²) < 4.78 is 41.9. The first-order valence-electron chi connectivity index (χ1n) is 7.79. The molecule has 1 heterocycles. The van der Waals surface area contributed by atoms with E-state index in [1.54, 1.807) is 17.0 Å². The number of alkyl halides is 3. The van der Waals surface area contributed by atoms with Crippen molar-refractivity contribution >= 4 is 17.9 Å². The molecule has 2 amide bonds. The molecule has 1 aliphatic heterocycles. The number of likely N-dealkylation sites (tertiary alicyclic amines) is 1. The highest BCUT2D eigenvalue weighted by atomic mass is 19.4. The van der Waals surface area contributed by atoms with Gasteiger partial charge in [0.25, 0.3) is 0 Å². The van der Waals surface area contributed by atoms with Crippen LogP contribution in [0, 0.1) is 0 Å². The maximum absolute atomic E-state index is 12.2. The minimum Gasteiger partial charge on any atom is -0.496 e. The highest BCUT2D eigenvalue weighted by Gasteiger charge is 2.40. The van der Waals surface area contributed by atoms with Crippen molar-refractivity contribution in [3.8, 4) is 5.75 Å². The lowest BCUT2D eigenvalue weighted by Crippen LogP contribution is -2.49. The van der Waals surface area contributed by atoms with Gasteiger partial charge in [0.1, 0.15) is 5.75 Å². The lowest BCUT2D eigenvalue weighted by molar-refractivity contribution is -0.174. The van der Waals surface area contributed by atoms with E-state index in [-0.39, 0.29) is 31.8 Å². The average Bonchev–Trinajstić information content (AvgIpc) is 2.59. The SMILES string of the molecule is COc1ccccc1/C=C/C(=O)N1CCC(NC(=O)C(F)(F)F)CC1. The van der Waals surface area contributed by atoms with Gasteiger partial charge in [-0.15, -0.1) is 0 Å². The summed E-state index contributed by atoms with van der Waals surface area (Å²) in [6, 6.07) is 6.65. The van der Waals surface area contributed by atoms with Gasteiger partial charge in [-0.05, 0) is 25.0 Å². The number of methoxy groups -OCH3 is 1. The molecule has 1 aromatic rings. The Balaban J connectivity index is 1.87. The number of nitrogens with zero attached hydrogens (tertiary/aromatic N) is 1. The zero-order valence-corrected chi connectivity index (χ0v) is 13.7. The molecule has 136 valence electrons. The molecule has 1 saturated heterocycles. The zero-order valence-electron chi connectivity index (χ0n) is 13.7. The quantitative estimate of drug-likeness (QED) is 0.843. The third-order valence-corrected chi connectivity index (χ3v) is 3.94. The van der Waals surface area contributed by atoms with Gasteiger partial charge in [-0.2, -0.15) is 13.2 Å². The van der Waals surface area contributed by atoms with Gasteiger partial charge in [0, 0.05) is 30.8 Å². The second-order valence-corrected chi connectivity index (χ2v) is 5.65. The van der Waals surface area contributed by atoms with Crippen molar-refractivity contribution in [2.24, 2.45) is 0 Å². The fraction of sp³-hybridized carbons (Fsp3) is 0.412. The fourth-order valence-corrected chi connectivity index (χ4v) is 2.58. The summed E-state index contributed by atoms with van der Waals surface area (Å²) in [5.41, 5.74) is 0.755. The molecule has 1 fully saturated rings. The Kier molecular flexibility index (Phi) is 6.06. The van der Waals surface area contributed by atoms with Crippen molar-refractivity contribution < 1.29 is 27.5 Å². The molecule has 5 nitrogen and oxygen atoms in total. The summed E-state index contributed by atoms with van der Waals surface area (Å²) >= 11 is 0. The van der Waals surface area contributed by atoms with Crippen LogP contribution < -0.4 is 10.1 Å². The van der Waals surface area contributed by atoms with Gasteiger partial charge in [0.05, 0.1) is 7.11 Å². The van der Waals surface area contributed by atoms with Crippen LogP contribution in [0.15, 0.2) is 30.3 Å². The first-order valence-corrected chi connectivity index (χ1v) is 7.79. The number of benzene rings is 1. The Hall–Kier alpha value is -2.51. The number of halogens is 3. The lowest BCUT2D eigenvalue weighted by Gasteiger charge is -2.31. The molecule has 0 atom stereocenters. The molecule has 1 aromatic carbocycles. The Morgan fingerprint density at radius 1 is 1.24 bits per heavy atom. The molecule has 0 aliphatic carbocycles. The van der Waals surface area contributed by atoms with Crippen LogP contribution in [-0.4, -0.2) is 49.1 Å². The Morgan fingerprint density at radius 2 is 1.88 bits per heavy atom. The number of hydrogen-bond donors (Lipinski definition) is 1. The summed E-state index contributed by atoms with van der Waals surface area (Å²) in [5.74, 6) is -1.53. The van der Waals surface area contributed by atoms with E-state index in [9.17, 15) is 22.8 Å². The van der Waals surface area contributed by atoms with Gasteiger partial charge in [-0.1, -0.05) is 18.2 Å². The molecule has 0 radical (unpaired) electrons. The third kappa shape index (κ3) is 5.23. The molecule has 2 rings (SSSR count). The van der Waals surface area contributed by atoms with Gasteiger partial charge < -0.3 is 15.0 Å². The van der Waals surface area contributed by atoms with Crippen LogP contribution in [0.4, 0.5) is 13.2 Å². The normalized spacial score (nSPS) is 16.1. The highest BCUT2D eigenvalue weighted by molar-refractivity contribution is 5.92. The van der Waals surface area contributed by atoms with Gasteiger partial charge in [-0.25, -0.2) is 0 Å². The minimum atomic E-state index is -4.88. The van der Waals surface area contributed by atoms with E-state index in [1.165, 1.54) is 13.2 Å². The molecular weight excluding hydrogens is 337 g/mol. The van der Waals surface area contributed by atoms with Crippen LogP contribution in [0.25, 0.3) is 6.08 Å². The Bertz CT molecular complexity index is 651. The van der Waals surface area contributed by atoms with Crippen LogP contribution in [-0.2, 0) is 9.59 Å². The number of carbonyl (C=O) groups is 2. The van der Waals surface area contributed by atoms with Crippen LogP contribution in [0.2, 0.25) is 0 Å². The largest absolute Gasteiger partial charge is 0.496 e. The smallest absolute Gasteiger partial charge is 0.471 e. The van der Waals surface area contributed by atoms with Crippen LogP contribution in [0.1, 0.15) is 18.4 Å². The van der Waals surface area contributed by atoms with Crippen LogP contribution >= 0.6 is 0 Å². The second kappa shape index (κ2) is 8.04. The van der Waals surface area contributed by atoms with Crippen LogP contribution in [0.3, 0.4) is 0 Å². The topological polar surface area (TPSA) is 58.6 Å². The molecule has 0 bridgehead atoms.